The standard InChI is InChI=1S/C15H18N2/c1-11-4-3-5-12(2)14(11)7-6-13-8-9-17-15(16)10-13/h3-5,8-10H,6-7H2,1-2H3,(H2,16,17). The first-order chi connectivity index (χ1) is 8.16. The topological polar surface area (TPSA) is 38.9 Å². The SMILES string of the molecule is Cc1cccc(C)c1CCc1ccnc(N)c1. The first-order valence-electron chi connectivity index (χ1n) is 5.92. The van der Waals surface area contributed by atoms with Gasteiger partial charge in [-0.15, -0.1) is 0 Å². The lowest BCUT2D eigenvalue weighted by molar-refractivity contribution is 0.935. The van der Waals surface area contributed by atoms with Crippen LogP contribution in [-0.2, 0) is 12.8 Å². The third-order valence-corrected chi connectivity index (χ3v) is 3.15. The first kappa shape index (κ1) is 11.6. The molecule has 2 rings (SSSR count). The summed E-state index contributed by atoms with van der Waals surface area (Å²) in [4.78, 5) is 4.01. The normalized spacial score (nSPS) is 10.5. The third kappa shape index (κ3) is 2.84. The summed E-state index contributed by atoms with van der Waals surface area (Å²) < 4.78 is 0. The zero-order valence-electron chi connectivity index (χ0n) is 10.4. The van der Waals surface area contributed by atoms with Crippen LogP contribution in [0.4, 0.5) is 5.82 Å². The predicted molar refractivity (Wildman–Crippen MR) is 72.0 cm³/mol. The molecule has 0 saturated carbocycles. The van der Waals surface area contributed by atoms with E-state index in [4.69, 9.17) is 5.73 Å². The second kappa shape index (κ2) is 5.00. The van der Waals surface area contributed by atoms with Gasteiger partial charge in [-0.2, -0.15) is 0 Å². The molecule has 2 aromatic rings. The highest BCUT2D eigenvalue weighted by molar-refractivity contribution is 5.36. The highest BCUT2D eigenvalue weighted by Crippen LogP contribution is 2.16. The molecule has 0 unspecified atom stereocenters. The Labute approximate surface area is 103 Å². The van der Waals surface area contributed by atoms with Crippen LogP contribution in [0.1, 0.15) is 22.3 Å². The molecule has 17 heavy (non-hydrogen) atoms. The number of benzene rings is 1. The summed E-state index contributed by atoms with van der Waals surface area (Å²) in [7, 11) is 0. The number of nitrogens with zero attached hydrogens (tertiary/aromatic N) is 1. The minimum absolute atomic E-state index is 0.601. The fraction of sp³-hybridized carbons (Fsp3) is 0.267. The highest BCUT2D eigenvalue weighted by atomic mass is 14.8. The minimum Gasteiger partial charge on any atom is -0.384 e. The van der Waals surface area contributed by atoms with E-state index in [1.165, 1.54) is 22.3 Å². The number of pyridine rings is 1. The summed E-state index contributed by atoms with van der Waals surface area (Å²) >= 11 is 0. The van der Waals surface area contributed by atoms with Crippen molar-refractivity contribution in [3.8, 4) is 0 Å². The first-order valence-corrected chi connectivity index (χ1v) is 5.92. The second-order valence-electron chi connectivity index (χ2n) is 4.46. The van der Waals surface area contributed by atoms with Crippen LogP contribution in [0.3, 0.4) is 0 Å². The van der Waals surface area contributed by atoms with Gasteiger partial charge in [0.1, 0.15) is 5.82 Å². The molecule has 0 bridgehead atoms. The molecule has 0 saturated heterocycles. The van der Waals surface area contributed by atoms with Gasteiger partial charge in [0.15, 0.2) is 0 Å². The average Bonchev–Trinajstić information content (AvgIpc) is 2.28. The van der Waals surface area contributed by atoms with Gasteiger partial charge in [0.25, 0.3) is 0 Å². The van der Waals surface area contributed by atoms with Gasteiger partial charge in [-0.3, -0.25) is 0 Å². The van der Waals surface area contributed by atoms with Crippen molar-refractivity contribution in [2.24, 2.45) is 0 Å². The predicted octanol–water partition coefficient (Wildman–Crippen LogP) is 3.07. The third-order valence-electron chi connectivity index (χ3n) is 3.15. The van der Waals surface area contributed by atoms with Gasteiger partial charge in [0.2, 0.25) is 0 Å². The van der Waals surface area contributed by atoms with Gasteiger partial charge in [-0.1, -0.05) is 18.2 Å². The van der Waals surface area contributed by atoms with Crippen molar-refractivity contribution in [3.05, 3.63) is 58.8 Å². The van der Waals surface area contributed by atoms with Crippen LogP contribution in [0, 0.1) is 13.8 Å². The summed E-state index contributed by atoms with van der Waals surface area (Å²) in [5, 5.41) is 0. The van der Waals surface area contributed by atoms with Crippen LogP contribution < -0.4 is 5.73 Å². The smallest absolute Gasteiger partial charge is 0.123 e. The van der Waals surface area contributed by atoms with E-state index >= 15 is 0 Å². The molecule has 2 heteroatoms. The zero-order valence-corrected chi connectivity index (χ0v) is 10.4. The average molecular weight is 226 g/mol. The molecule has 0 amide bonds. The molecular weight excluding hydrogens is 208 g/mol. The van der Waals surface area contributed by atoms with Crippen molar-refractivity contribution in [2.45, 2.75) is 26.7 Å². The lowest BCUT2D eigenvalue weighted by atomic mass is 9.97. The lowest BCUT2D eigenvalue weighted by Crippen LogP contribution is -1.98. The Balaban J connectivity index is 2.13. The van der Waals surface area contributed by atoms with Crippen molar-refractivity contribution in [2.75, 3.05) is 5.73 Å². The molecule has 88 valence electrons. The summed E-state index contributed by atoms with van der Waals surface area (Å²) in [5.74, 6) is 0.601. The van der Waals surface area contributed by atoms with Crippen LogP contribution in [0.5, 0.6) is 0 Å². The Bertz CT molecular complexity index is 498. The minimum atomic E-state index is 0.601. The molecule has 0 aliphatic rings. The Kier molecular flexibility index (Phi) is 3.43. The Morgan fingerprint density at radius 2 is 1.76 bits per heavy atom. The number of nitrogen functional groups attached to an aromatic ring is 1. The number of nitrogens with two attached hydrogens (primary N) is 1. The number of hydrogen-bond acceptors (Lipinski definition) is 2. The molecule has 0 aliphatic carbocycles. The molecule has 0 atom stereocenters. The Morgan fingerprint density at radius 3 is 2.41 bits per heavy atom. The van der Waals surface area contributed by atoms with E-state index in [9.17, 15) is 0 Å². The van der Waals surface area contributed by atoms with Crippen LogP contribution in [0.2, 0.25) is 0 Å². The summed E-state index contributed by atoms with van der Waals surface area (Å²) in [6.45, 7) is 4.34. The van der Waals surface area contributed by atoms with E-state index in [0.717, 1.165) is 12.8 Å². The van der Waals surface area contributed by atoms with Crippen molar-refractivity contribution in [1.82, 2.24) is 4.98 Å². The number of aryl methyl sites for hydroxylation is 3. The molecular formula is C15H18N2. The van der Waals surface area contributed by atoms with E-state index in [2.05, 4.69) is 37.0 Å². The molecule has 1 aromatic carbocycles. The van der Waals surface area contributed by atoms with E-state index in [-0.39, 0.29) is 0 Å². The highest BCUT2D eigenvalue weighted by Gasteiger charge is 2.03. The van der Waals surface area contributed by atoms with E-state index in [0.29, 0.717) is 5.82 Å². The molecule has 1 aromatic heterocycles. The van der Waals surface area contributed by atoms with Crippen LogP contribution in [-0.4, -0.2) is 4.98 Å². The molecule has 0 spiro atoms. The quantitative estimate of drug-likeness (QED) is 0.873. The molecule has 2 N–H and O–H groups in total. The van der Waals surface area contributed by atoms with Gasteiger partial charge < -0.3 is 5.73 Å². The van der Waals surface area contributed by atoms with E-state index in [1.807, 2.05) is 12.1 Å². The zero-order chi connectivity index (χ0) is 12.3. The van der Waals surface area contributed by atoms with Gasteiger partial charge >= 0.3 is 0 Å². The molecule has 2 nitrogen and oxygen atoms in total. The fourth-order valence-electron chi connectivity index (χ4n) is 2.16. The monoisotopic (exact) mass is 226 g/mol. The van der Waals surface area contributed by atoms with Gasteiger partial charge in [-0.25, -0.2) is 4.98 Å². The summed E-state index contributed by atoms with van der Waals surface area (Å²) in [5.41, 5.74) is 11.1. The molecule has 0 aliphatic heterocycles. The van der Waals surface area contributed by atoms with E-state index < -0.39 is 0 Å². The second-order valence-corrected chi connectivity index (χ2v) is 4.46. The maximum absolute atomic E-state index is 5.68. The van der Waals surface area contributed by atoms with Gasteiger partial charge in [0, 0.05) is 6.20 Å². The van der Waals surface area contributed by atoms with Crippen LogP contribution in [0.15, 0.2) is 36.5 Å². The van der Waals surface area contributed by atoms with Gasteiger partial charge in [0.05, 0.1) is 0 Å². The van der Waals surface area contributed by atoms with Crippen LogP contribution in [0.25, 0.3) is 0 Å². The fourth-order valence-corrected chi connectivity index (χ4v) is 2.16. The summed E-state index contributed by atoms with van der Waals surface area (Å²) in [6, 6.07) is 10.4. The van der Waals surface area contributed by atoms with Crippen LogP contribution >= 0.6 is 0 Å². The summed E-state index contributed by atoms with van der Waals surface area (Å²) in [6.07, 6.45) is 3.84. The number of hydrogen-bond donors (Lipinski definition) is 1. The lowest BCUT2D eigenvalue weighted by Gasteiger charge is -2.09. The number of aromatic nitrogens is 1. The maximum Gasteiger partial charge on any atom is 0.123 e. The van der Waals surface area contributed by atoms with Crippen molar-refractivity contribution >= 4 is 5.82 Å². The van der Waals surface area contributed by atoms with Crippen molar-refractivity contribution in [1.29, 1.82) is 0 Å². The van der Waals surface area contributed by atoms with Crippen molar-refractivity contribution < 1.29 is 0 Å². The van der Waals surface area contributed by atoms with E-state index in [1.54, 1.807) is 6.20 Å². The molecule has 0 fully saturated rings. The number of anilines is 1. The molecule has 0 radical (unpaired) electrons. The van der Waals surface area contributed by atoms with Gasteiger partial charge in [-0.05, 0) is 61.1 Å². The maximum atomic E-state index is 5.68. The Hall–Kier alpha value is -1.83. The van der Waals surface area contributed by atoms with Crippen molar-refractivity contribution in [3.63, 3.8) is 0 Å². The molecule has 1 heterocycles. The number of rotatable bonds is 3. The largest absolute Gasteiger partial charge is 0.384 e. The Morgan fingerprint density at radius 1 is 1.06 bits per heavy atom.